The average molecular weight is 280 g/mol. The Balaban J connectivity index is 2.14. The molecule has 0 spiro atoms. The number of hydrogen-bond donors (Lipinski definition) is 1. The molecule has 0 fully saturated rings. The standard InChI is InChI=1S/C9H7Cl2NOS2/c10-7-3-5(9(11)15-7)6(13)4-8-12-1-2-14-8/h1-3,6,13H,4H2. The minimum Gasteiger partial charge on any atom is -0.388 e. The van der Waals surface area contributed by atoms with Crippen LogP contribution >= 0.6 is 45.9 Å². The van der Waals surface area contributed by atoms with E-state index in [2.05, 4.69) is 4.98 Å². The van der Waals surface area contributed by atoms with Crippen molar-refractivity contribution in [3.63, 3.8) is 0 Å². The molecular formula is C9H7Cl2NOS2. The van der Waals surface area contributed by atoms with Crippen LogP contribution in [0.3, 0.4) is 0 Å². The van der Waals surface area contributed by atoms with E-state index < -0.39 is 6.10 Å². The van der Waals surface area contributed by atoms with Gasteiger partial charge in [0.15, 0.2) is 0 Å². The summed E-state index contributed by atoms with van der Waals surface area (Å²) in [6, 6.07) is 1.70. The third-order valence-corrected chi connectivity index (χ3v) is 4.21. The second-order valence-corrected chi connectivity index (χ2v) is 6.19. The molecule has 2 aromatic rings. The quantitative estimate of drug-likeness (QED) is 0.928. The van der Waals surface area contributed by atoms with Gasteiger partial charge in [0.25, 0.3) is 0 Å². The number of aliphatic hydroxyl groups is 1. The van der Waals surface area contributed by atoms with E-state index in [0.717, 1.165) is 5.01 Å². The molecule has 0 aliphatic rings. The summed E-state index contributed by atoms with van der Waals surface area (Å²) in [4.78, 5) is 4.10. The topological polar surface area (TPSA) is 33.1 Å². The zero-order valence-electron chi connectivity index (χ0n) is 7.48. The highest BCUT2D eigenvalue weighted by Crippen LogP contribution is 2.36. The van der Waals surface area contributed by atoms with Gasteiger partial charge in [-0.3, -0.25) is 0 Å². The van der Waals surface area contributed by atoms with Crippen LogP contribution in [-0.4, -0.2) is 10.1 Å². The highest BCUT2D eigenvalue weighted by Gasteiger charge is 2.16. The van der Waals surface area contributed by atoms with Crippen LogP contribution < -0.4 is 0 Å². The van der Waals surface area contributed by atoms with Crippen LogP contribution in [0.5, 0.6) is 0 Å². The van der Waals surface area contributed by atoms with E-state index in [1.54, 1.807) is 12.3 Å². The minimum atomic E-state index is -0.632. The predicted molar refractivity (Wildman–Crippen MR) is 65.1 cm³/mol. The Morgan fingerprint density at radius 2 is 2.27 bits per heavy atom. The summed E-state index contributed by atoms with van der Waals surface area (Å²) in [5.74, 6) is 0. The van der Waals surface area contributed by atoms with Gasteiger partial charge in [-0.25, -0.2) is 4.98 Å². The fourth-order valence-electron chi connectivity index (χ4n) is 1.21. The largest absolute Gasteiger partial charge is 0.388 e. The lowest BCUT2D eigenvalue weighted by atomic mass is 10.1. The van der Waals surface area contributed by atoms with Crippen molar-refractivity contribution in [2.45, 2.75) is 12.5 Å². The number of nitrogens with zero attached hydrogens (tertiary/aromatic N) is 1. The van der Waals surface area contributed by atoms with Gasteiger partial charge < -0.3 is 5.11 Å². The van der Waals surface area contributed by atoms with Crippen LogP contribution in [0.25, 0.3) is 0 Å². The van der Waals surface area contributed by atoms with Crippen LogP contribution in [0.2, 0.25) is 8.67 Å². The molecule has 2 heterocycles. The smallest absolute Gasteiger partial charge is 0.100 e. The number of aliphatic hydroxyl groups excluding tert-OH is 1. The molecule has 0 amide bonds. The summed E-state index contributed by atoms with van der Waals surface area (Å²) in [6.45, 7) is 0. The van der Waals surface area contributed by atoms with Gasteiger partial charge in [-0.05, 0) is 6.07 Å². The van der Waals surface area contributed by atoms with E-state index in [9.17, 15) is 5.11 Å². The molecule has 15 heavy (non-hydrogen) atoms. The van der Waals surface area contributed by atoms with E-state index in [1.165, 1.54) is 22.7 Å². The first-order chi connectivity index (χ1) is 7.16. The molecule has 0 radical (unpaired) electrons. The average Bonchev–Trinajstić information content (AvgIpc) is 2.75. The maximum absolute atomic E-state index is 9.92. The zero-order chi connectivity index (χ0) is 10.8. The normalized spacial score (nSPS) is 13.0. The predicted octanol–water partition coefficient (Wildman–Crippen LogP) is 3.79. The molecule has 0 bridgehead atoms. The second kappa shape index (κ2) is 4.80. The van der Waals surface area contributed by atoms with Crippen molar-refractivity contribution in [3.8, 4) is 0 Å². The molecule has 1 unspecified atom stereocenters. The maximum Gasteiger partial charge on any atom is 0.100 e. The Kier molecular flexibility index (Phi) is 3.64. The van der Waals surface area contributed by atoms with Crippen molar-refractivity contribution < 1.29 is 5.11 Å². The molecule has 1 atom stereocenters. The molecule has 0 aliphatic carbocycles. The first kappa shape index (κ1) is 11.4. The van der Waals surface area contributed by atoms with Crippen LogP contribution in [-0.2, 0) is 6.42 Å². The third kappa shape index (κ3) is 2.71. The van der Waals surface area contributed by atoms with Gasteiger partial charge >= 0.3 is 0 Å². The first-order valence-electron chi connectivity index (χ1n) is 4.18. The third-order valence-electron chi connectivity index (χ3n) is 1.89. The molecule has 1 N–H and O–H groups in total. The summed E-state index contributed by atoms with van der Waals surface area (Å²) in [5, 5.41) is 12.7. The van der Waals surface area contributed by atoms with Crippen LogP contribution in [0.1, 0.15) is 16.7 Å². The monoisotopic (exact) mass is 279 g/mol. The van der Waals surface area contributed by atoms with E-state index >= 15 is 0 Å². The van der Waals surface area contributed by atoms with Gasteiger partial charge in [-0.1, -0.05) is 23.2 Å². The number of hydrogen-bond acceptors (Lipinski definition) is 4. The Labute approximate surface area is 105 Å². The zero-order valence-corrected chi connectivity index (χ0v) is 10.6. The number of thiazole rings is 1. The number of aromatic nitrogens is 1. The molecule has 80 valence electrons. The van der Waals surface area contributed by atoms with Crippen LogP contribution in [0.4, 0.5) is 0 Å². The molecule has 2 nitrogen and oxygen atoms in total. The second-order valence-electron chi connectivity index (χ2n) is 2.93. The highest BCUT2D eigenvalue weighted by atomic mass is 35.5. The van der Waals surface area contributed by atoms with Crippen molar-refractivity contribution in [1.29, 1.82) is 0 Å². The number of rotatable bonds is 3. The summed E-state index contributed by atoms with van der Waals surface area (Å²) < 4.78 is 1.14. The molecule has 2 rings (SSSR count). The molecule has 0 aromatic carbocycles. The Morgan fingerprint density at radius 3 is 2.80 bits per heavy atom. The number of halogens is 2. The molecule has 0 saturated carbocycles. The maximum atomic E-state index is 9.92. The van der Waals surface area contributed by atoms with Gasteiger partial charge in [0.1, 0.15) is 4.34 Å². The van der Waals surface area contributed by atoms with Gasteiger partial charge in [0.2, 0.25) is 0 Å². The summed E-state index contributed by atoms with van der Waals surface area (Å²) in [7, 11) is 0. The van der Waals surface area contributed by atoms with Gasteiger partial charge in [-0.2, -0.15) is 0 Å². The van der Waals surface area contributed by atoms with Crippen LogP contribution in [0.15, 0.2) is 17.6 Å². The molecule has 0 aliphatic heterocycles. The van der Waals surface area contributed by atoms with Gasteiger partial charge in [-0.15, -0.1) is 22.7 Å². The Morgan fingerprint density at radius 1 is 1.47 bits per heavy atom. The van der Waals surface area contributed by atoms with Gasteiger partial charge in [0, 0.05) is 23.6 Å². The van der Waals surface area contributed by atoms with E-state index in [1.807, 2.05) is 5.38 Å². The lowest BCUT2D eigenvalue weighted by molar-refractivity contribution is 0.179. The van der Waals surface area contributed by atoms with Crippen molar-refractivity contribution in [2.75, 3.05) is 0 Å². The van der Waals surface area contributed by atoms with Crippen molar-refractivity contribution in [1.82, 2.24) is 4.98 Å². The fourth-order valence-corrected chi connectivity index (χ4v) is 3.43. The molecule has 2 aromatic heterocycles. The molecular weight excluding hydrogens is 273 g/mol. The lowest BCUT2D eigenvalue weighted by Crippen LogP contribution is -2.00. The van der Waals surface area contributed by atoms with Gasteiger partial charge in [0.05, 0.1) is 15.4 Å². The van der Waals surface area contributed by atoms with Crippen molar-refractivity contribution >= 4 is 45.9 Å². The molecule has 6 heteroatoms. The lowest BCUT2D eigenvalue weighted by Gasteiger charge is -2.06. The van der Waals surface area contributed by atoms with Crippen LogP contribution in [0, 0.1) is 0 Å². The Bertz CT molecular complexity index is 441. The SMILES string of the molecule is OC(Cc1nccs1)c1cc(Cl)sc1Cl. The van der Waals surface area contributed by atoms with Crippen molar-refractivity contribution in [3.05, 3.63) is 36.9 Å². The minimum absolute atomic E-state index is 0.477. The number of thiophene rings is 1. The van der Waals surface area contributed by atoms with Crippen molar-refractivity contribution in [2.24, 2.45) is 0 Å². The first-order valence-corrected chi connectivity index (χ1v) is 6.63. The van der Waals surface area contributed by atoms with E-state index in [4.69, 9.17) is 23.2 Å². The summed E-state index contributed by atoms with van der Waals surface area (Å²) in [6.07, 6.45) is 1.56. The fraction of sp³-hybridized carbons (Fsp3) is 0.222. The Hall–Kier alpha value is -0.130. The summed E-state index contributed by atoms with van der Waals surface area (Å²) in [5.41, 5.74) is 0.682. The van der Waals surface area contributed by atoms with E-state index in [-0.39, 0.29) is 0 Å². The molecule has 0 saturated heterocycles. The van der Waals surface area contributed by atoms with E-state index in [0.29, 0.717) is 20.7 Å². The highest BCUT2D eigenvalue weighted by molar-refractivity contribution is 7.20. The summed E-state index contributed by atoms with van der Waals surface area (Å²) >= 11 is 14.5.